The lowest BCUT2D eigenvalue weighted by Gasteiger charge is -1.94. The van der Waals surface area contributed by atoms with Crippen molar-refractivity contribution >= 4 is 0 Å². The van der Waals surface area contributed by atoms with Crippen LogP contribution in [-0.2, 0) is 4.74 Å². The molecule has 0 radical (unpaired) electrons. The van der Waals surface area contributed by atoms with Crippen molar-refractivity contribution in [2.24, 2.45) is 0 Å². The molecule has 84 valence electrons. The summed E-state index contributed by atoms with van der Waals surface area (Å²) in [6, 6.07) is 0. The third kappa shape index (κ3) is 78.5. The molecule has 0 saturated carbocycles. The van der Waals surface area contributed by atoms with Gasteiger partial charge in [-0.15, -0.1) is 0 Å². The molecule has 0 heterocycles. The maximum Gasteiger partial charge on any atom is 0.0698 e. The van der Waals surface area contributed by atoms with E-state index < -0.39 is 0 Å². The van der Waals surface area contributed by atoms with Crippen LogP contribution in [0.5, 0.6) is 0 Å². The lowest BCUT2D eigenvalue weighted by atomic mass is 10.7. The van der Waals surface area contributed by atoms with E-state index in [1.54, 1.807) is 13.8 Å². The second kappa shape index (κ2) is 29.8. The molecule has 0 bridgehead atoms. The van der Waals surface area contributed by atoms with Gasteiger partial charge >= 0.3 is 0 Å². The Kier molecular flexibility index (Phi) is 42.5. The van der Waals surface area contributed by atoms with Gasteiger partial charge in [0.1, 0.15) is 0 Å². The van der Waals surface area contributed by atoms with Crippen molar-refractivity contribution in [2.75, 3.05) is 39.6 Å². The number of rotatable bonds is 4. The van der Waals surface area contributed by atoms with Crippen LogP contribution in [-0.4, -0.2) is 60.1 Å². The zero-order chi connectivity index (χ0) is 10.9. The van der Waals surface area contributed by atoms with Gasteiger partial charge in [0.2, 0.25) is 0 Å². The maximum atomic E-state index is 8.09. The zero-order valence-corrected chi connectivity index (χ0v) is 8.44. The molecule has 0 fully saturated rings. The fraction of sp³-hybridized carbons (Fsp3) is 1.00. The molecule has 4 N–H and O–H groups in total. The molecule has 0 saturated heterocycles. The van der Waals surface area contributed by atoms with E-state index in [9.17, 15) is 0 Å². The van der Waals surface area contributed by atoms with Crippen molar-refractivity contribution in [2.45, 2.75) is 13.8 Å². The first-order valence-electron chi connectivity index (χ1n) is 4.26. The predicted molar refractivity (Wildman–Crippen MR) is 50.5 cm³/mol. The monoisotopic (exact) mass is 198 g/mol. The van der Waals surface area contributed by atoms with Crippen LogP contribution in [0.25, 0.3) is 0 Å². The van der Waals surface area contributed by atoms with Crippen LogP contribution in [0.3, 0.4) is 0 Å². The highest BCUT2D eigenvalue weighted by atomic mass is 16.5. The molecule has 0 rings (SSSR count). The quantitative estimate of drug-likeness (QED) is 0.434. The summed E-state index contributed by atoms with van der Waals surface area (Å²) in [5.41, 5.74) is 0. The molecule has 0 atom stereocenters. The second-order valence-electron chi connectivity index (χ2n) is 1.69. The lowest BCUT2D eigenvalue weighted by Crippen LogP contribution is -2.03. The fourth-order valence-electron chi connectivity index (χ4n) is 0.231. The minimum Gasteiger partial charge on any atom is -0.397 e. The van der Waals surface area contributed by atoms with Gasteiger partial charge in [-0.2, -0.15) is 0 Å². The largest absolute Gasteiger partial charge is 0.397 e. The van der Waals surface area contributed by atoms with Crippen molar-refractivity contribution < 1.29 is 25.2 Å². The van der Waals surface area contributed by atoms with Gasteiger partial charge in [-0.25, -0.2) is 0 Å². The molecule has 0 amide bonds. The van der Waals surface area contributed by atoms with Gasteiger partial charge in [0.25, 0.3) is 0 Å². The molecule has 0 unspecified atom stereocenters. The highest BCUT2D eigenvalue weighted by Gasteiger charge is 1.79. The molecule has 0 aromatic heterocycles. The molecule has 0 aliphatic rings. The van der Waals surface area contributed by atoms with Crippen LogP contribution in [0.15, 0.2) is 0 Å². The van der Waals surface area contributed by atoms with E-state index in [4.69, 9.17) is 20.4 Å². The van der Waals surface area contributed by atoms with Crippen molar-refractivity contribution in [3.05, 3.63) is 0 Å². The van der Waals surface area contributed by atoms with Crippen molar-refractivity contribution in [3.8, 4) is 0 Å². The first-order chi connectivity index (χ1) is 6.24. The van der Waals surface area contributed by atoms with Crippen LogP contribution in [0.4, 0.5) is 0 Å². The molecule has 0 aromatic carbocycles. The van der Waals surface area contributed by atoms with Crippen LogP contribution in [0.1, 0.15) is 13.8 Å². The van der Waals surface area contributed by atoms with Gasteiger partial charge < -0.3 is 25.2 Å². The van der Waals surface area contributed by atoms with E-state index in [1.807, 2.05) is 0 Å². The van der Waals surface area contributed by atoms with Crippen LogP contribution < -0.4 is 0 Å². The number of ether oxygens (including phenoxy) is 1. The lowest BCUT2D eigenvalue weighted by molar-refractivity contribution is 0.0650. The Labute approximate surface area is 79.6 Å². The summed E-state index contributed by atoms with van der Waals surface area (Å²) in [6.45, 7) is 4.56. The first-order valence-corrected chi connectivity index (χ1v) is 4.26. The smallest absolute Gasteiger partial charge is 0.0698 e. The Morgan fingerprint density at radius 2 is 1.00 bits per heavy atom. The molecule has 0 aliphatic heterocycles. The normalized spacial score (nSPS) is 7.85. The zero-order valence-electron chi connectivity index (χ0n) is 8.44. The van der Waals surface area contributed by atoms with E-state index in [0.29, 0.717) is 13.2 Å². The standard InChI is InChI=1S/C4H10O3.2C2H6O/c5-1-3-7-4-2-6;2*1-2-3/h5-6H,1-4H2;2*3H,2H2,1H3. The van der Waals surface area contributed by atoms with Crippen molar-refractivity contribution in [1.29, 1.82) is 0 Å². The molecule has 0 spiro atoms. The van der Waals surface area contributed by atoms with Gasteiger partial charge in [-0.3, -0.25) is 0 Å². The Morgan fingerprint density at radius 1 is 0.769 bits per heavy atom. The average Bonchev–Trinajstić information content (AvgIpc) is 2.08. The van der Waals surface area contributed by atoms with Crippen molar-refractivity contribution in [1.82, 2.24) is 0 Å². The Balaban J connectivity index is -0.000000140. The van der Waals surface area contributed by atoms with Gasteiger partial charge in [0.15, 0.2) is 0 Å². The Hall–Kier alpha value is -0.200. The highest BCUT2D eigenvalue weighted by Crippen LogP contribution is 1.68. The topological polar surface area (TPSA) is 90.2 Å². The Morgan fingerprint density at radius 3 is 1.15 bits per heavy atom. The minimum atomic E-state index is 0.0278. The number of hydrogen-bond donors (Lipinski definition) is 4. The third-order valence-electron chi connectivity index (χ3n) is 0.471. The summed E-state index contributed by atoms with van der Waals surface area (Å²) < 4.78 is 4.63. The summed E-state index contributed by atoms with van der Waals surface area (Å²) in [5.74, 6) is 0. The summed E-state index contributed by atoms with van der Waals surface area (Å²) in [5, 5.41) is 31.3. The van der Waals surface area contributed by atoms with E-state index in [-0.39, 0.29) is 26.4 Å². The number of hydrogen-bond acceptors (Lipinski definition) is 5. The fourth-order valence-corrected chi connectivity index (χ4v) is 0.231. The first kappa shape index (κ1) is 18.6. The molecule has 0 aromatic rings. The third-order valence-corrected chi connectivity index (χ3v) is 0.471. The predicted octanol–water partition coefficient (Wildman–Crippen LogP) is -1.02. The molecular formula is C8H22O5. The van der Waals surface area contributed by atoms with E-state index in [1.165, 1.54) is 0 Å². The van der Waals surface area contributed by atoms with E-state index in [0.717, 1.165) is 0 Å². The van der Waals surface area contributed by atoms with Crippen LogP contribution >= 0.6 is 0 Å². The molecule has 5 heteroatoms. The summed E-state index contributed by atoms with van der Waals surface area (Å²) >= 11 is 0. The second-order valence-corrected chi connectivity index (χ2v) is 1.69. The van der Waals surface area contributed by atoms with Crippen LogP contribution in [0.2, 0.25) is 0 Å². The van der Waals surface area contributed by atoms with Crippen molar-refractivity contribution in [3.63, 3.8) is 0 Å². The van der Waals surface area contributed by atoms with E-state index in [2.05, 4.69) is 4.74 Å². The molecule has 5 nitrogen and oxygen atoms in total. The van der Waals surface area contributed by atoms with Gasteiger partial charge in [0, 0.05) is 13.2 Å². The SMILES string of the molecule is CCO.CCO.OCCOCCO. The summed E-state index contributed by atoms with van der Waals surface area (Å²) in [4.78, 5) is 0. The maximum absolute atomic E-state index is 8.09. The number of aliphatic hydroxyl groups excluding tert-OH is 4. The van der Waals surface area contributed by atoms with Crippen LogP contribution in [0, 0.1) is 0 Å². The average molecular weight is 198 g/mol. The summed E-state index contributed by atoms with van der Waals surface area (Å²) in [6.07, 6.45) is 0. The van der Waals surface area contributed by atoms with Gasteiger partial charge in [-0.1, -0.05) is 0 Å². The number of aliphatic hydroxyl groups is 4. The van der Waals surface area contributed by atoms with Gasteiger partial charge in [-0.05, 0) is 13.8 Å². The molecule has 0 aliphatic carbocycles. The Bertz CT molecular complexity index is 45.8. The highest BCUT2D eigenvalue weighted by molar-refractivity contribution is 4.24. The van der Waals surface area contributed by atoms with E-state index >= 15 is 0 Å². The molecular weight excluding hydrogens is 176 g/mol. The molecule has 13 heavy (non-hydrogen) atoms. The minimum absolute atomic E-state index is 0.0278. The van der Waals surface area contributed by atoms with Gasteiger partial charge in [0.05, 0.1) is 26.4 Å². The summed E-state index contributed by atoms with van der Waals surface area (Å²) in [7, 11) is 0.